The van der Waals surface area contributed by atoms with E-state index in [-0.39, 0.29) is 23.7 Å². The molecular formula is C40H36N2O2. The molecule has 4 nitrogen and oxygen atoms in total. The molecule has 1 heterocycles. The van der Waals surface area contributed by atoms with E-state index in [1.165, 1.54) is 10.3 Å². The number of carbonyl (C=O) groups excluding carboxylic acids is 2. The Hall–Kier alpha value is -4.72. The first-order chi connectivity index (χ1) is 21.3. The van der Waals surface area contributed by atoms with Gasteiger partial charge in [0, 0.05) is 28.5 Å². The molecule has 0 saturated carbocycles. The van der Waals surface area contributed by atoms with E-state index in [1.54, 1.807) is 0 Å². The van der Waals surface area contributed by atoms with Crippen molar-refractivity contribution in [3.8, 4) is 11.8 Å². The van der Waals surface area contributed by atoms with Gasteiger partial charge in [-0.3, -0.25) is 9.59 Å². The summed E-state index contributed by atoms with van der Waals surface area (Å²) >= 11 is 0. The molecule has 1 aliphatic rings. The number of unbranched alkanes of at least 4 members (excludes halogenated alkanes) is 2. The molecule has 2 N–H and O–H groups in total. The molecular weight excluding hydrogens is 540 g/mol. The predicted octanol–water partition coefficient (Wildman–Crippen LogP) is 9.27. The number of nitrogens with zero attached hydrogens (tertiary/aromatic N) is 1. The summed E-state index contributed by atoms with van der Waals surface area (Å²) in [7, 11) is 0. The highest BCUT2D eigenvalue weighted by Crippen LogP contribution is 2.46. The summed E-state index contributed by atoms with van der Waals surface area (Å²) in [5.41, 5.74) is 10.6. The van der Waals surface area contributed by atoms with E-state index in [2.05, 4.69) is 82.0 Å². The van der Waals surface area contributed by atoms with Crippen LogP contribution in [0.2, 0.25) is 0 Å². The molecule has 44 heavy (non-hydrogen) atoms. The summed E-state index contributed by atoms with van der Waals surface area (Å²) in [6.07, 6.45) is 2.81. The van der Waals surface area contributed by atoms with E-state index in [0.29, 0.717) is 17.7 Å². The zero-order valence-electron chi connectivity index (χ0n) is 25.8. The number of amides is 2. The highest BCUT2D eigenvalue weighted by atomic mass is 16.2. The number of nitrogens with two attached hydrogens (primary N) is 1. The SMILES string of the molecule is CC(C)c1cccc(C(C)C)c1N1C(=O)c2ccc3c4cccc5c(C#CCCCCN)ccc(c6ccc(c2c36)C1=O)c54. The third-order valence-corrected chi connectivity index (χ3v) is 9.19. The maximum atomic E-state index is 14.4. The maximum Gasteiger partial charge on any atom is 0.266 e. The molecule has 0 aromatic heterocycles. The first kappa shape index (κ1) is 28.1. The summed E-state index contributed by atoms with van der Waals surface area (Å²) in [4.78, 5) is 30.3. The van der Waals surface area contributed by atoms with Crippen molar-refractivity contribution >= 4 is 60.6 Å². The number of hydrogen-bond acceptors (Lipinski definition) is 3. The van der Waals surface area contributed by atoms with Gasteiger partial charge in [-0.25, -0.2) is 4.90 Å². The lowest BCUT2D eigenvalue weighted by molar-refractivity contribution is 0.0893. The van der Waals surface area contributed by atoms with Gasteiger partial charge in [-0.15, -0.1) is 0 Å². The highest BCUT2D eigenvalue weighted by Gasteiger charge is 2.37. The molecule has 0 saturated heterocycles. The minimum Gasteiger partial charge on any atom is -0.330 e. The molecule has 7 rings (SSSR count). The van der Waals surface area contributed by atoms with Crippen LogP contribution in [0.15, 0.2) is 72.8 Å². The van der Waals surface area contributed by atoms with Crippen LogP contribution >= 0.6 is 0 Å². The normalized spacial score (nSPS) is 13.3. The summed E-state index contributed by atoms with van der Waals surface area (Å²) in [6.45, 7) is 9.13. The average Bonchev–Trinajstić information content (AvgIpc) is 3.02. The van der Waals surface area contributed by atoms with E-state index in [9.17, 15) is 9.59 Å². The van der Waals surface area contributed by atoms with Crippen LogP contribution in [0.25, 0.3) is 43.1 Å². The molecule has 1 aliphatic heterocycles. The van der Waals surface area contributed by atoms with Crippen molar-refractivity contribution < 1.29 is 9.59 Å². The lowest BCUT2D eigenvalue weighted by atomic mass is 9.83. The molecule has 0 unspecified atom stereocenters. The van der Waals surface area contributed by atoms with Crippen LogP contribution in [-0.2, 0) is 0 Å². The lowest BCUT2D eigenvalue weighted by Gasteiger charge is -2.32. The summed E-state index contributed by atoms with van der Waals surface area (Å²) in [5, 5.41) is 8.33. The summed E-state index contributed by atoms with van der Waals surface area (Å²) in [6, 6.07) is 24.7. The number of carbonyl (C=O) groups is 2. The van der Waals surface area contributed by atoms with E-state index >= 15 is 0 Å². The van der Waals surface area contributed by atoms with Crippen LogP contribution < -0.4 is 10.6 Å². The van der Waals surface area contributed by atoms with E-state index in [4.69, 9.17) is 5.73 Å². The second-order valence-electron chi connectivity index (χ2n) is 12.5. The van der Waals surface area contributed by atoms with Crippen molar-refractivity contribution in [3.05, 3.63) is 101 Å². The van der Waals surface area contributed by atoms with Gasteiger partial charge in [0.1, 0.15) is 0 Å². The van der Waals surface area contributed by atoms with Crippen LogP contribution in [0.4, 0.5) is 5.69 Å². The third-order valence-electron chi connectivity index (χ3n) is 9.19. The molecule has 6 aromatic rings. The van der Waals surface area contributed by atoms with Crippen molar-refractivity contribution in [3.63, 3.8) is 0 Å². The van der Waals surface area contributed by atoms with Crippen molar-refractivity contribution in [2.24, 2.45) is 5.73 Å². The molecule has 6 aromatic carbocycles. The van der Waals surface area contributed by atoms with Crippen molar-refractivity contribution in [2.45, 2.75) is 58.8 Å². The topological polar surface area (TPSA) is 63.4 Å². The standard InChI is InChI=1S/C40H36N2O2/c1-23(2)26-12-9-13-27(24(3)4)38(26)42-39(43)33-20-18-31-29-15-10-14-28-25(11-7-5-6-8-22-41)16-17-30(35(28)29)32-19-21-34(40(42)44)37(33)36(31)32/h9-10,12-21,23-24H,5-6,8,22,41H2,1-4H3. The monoisotopic (exact) mass is 576 g/mol. The van der Waals surface area contributed by atoms with Gasteiger partial charge in [0.25, 0.3) is 11.8 Å². The van der Waals surface area contributed by atoms with E-state index in [1.807, 2.05) is 30.3 Å². The van der Waals surface area contributed by atoms with Crippen LogP contribution in [0.3, 0.4) is 0 Å². The molecule has 218 valence electrons. The first-order valence-corrected chi connectivity index (χ1v) is 15.7. The quantitative estimate of drug-likeness (QED) is 0.0707. The third kappa shape index (κ3) is 4.11. The Morgan fingerprint density at radius 1 is 0.636 bits per heavy atom. The fourth-order valence-corrected chi connectivity index (χ4v) is 7.09. The Balaban J connectivity index is 1.47. The van der Waals surface area contributed by atoms with Gasteiger partial charge in [0.15, 0.2) is 0 Å². The number of rotatable bonds is 6. The number of imide groups is 1. The Morgan fingerprint density at radius 3 is 1.80 bits per heavy atom. The predicted molar refractivity (Wildman–Crippen MR) is 183 cm³/mol. The molecule has 0 spiro atoms. The Bertz CT molecular complexity index is 2100. The van der Waals surface area contributed by atoms with Crippen LogP contribution in [0, 0.1) is 11.8 Å². The van der Waals surface area contributed by atoms with Gasteiger partial charge in [0.05, 0.1) is 5.69 Å². The largest absolute Gasteiger partial charge is 0.330 e. The summed E-state index contributed by atoms with van der Waals surface area (Å²) in [5.74, 6) is 6.53. The first-order valence-electron chi connectivity index (χ1n) is 15.7. The molecule has 0 bridgehead atoms. The molecule has 0 fully saturated rings. The fraction of sp³-hybridized carbons (Fsp3) is 0.250. The van der Waals surface area contributed by atoms with Crippen molar-refractivity contribution in [1.82, 2.24) is 0 Å². The molecule has 0 radical (unpaired) electrons. The number of hydrogen-bond donors (Lipinski definition) is 1. The number of benzene rings is 6. The lowest BCUT2D eigenvalue weighted by Crippen LogP contribution is -2.41. The molecule has 0 aliphatic carbocycles. The second-order valence-corrected chi connectivity index (χ2v) is 12.5. The maximum absolute atomic E-state index is 14.4. The minimum absolute atomic E-state index is 0.151. The fourth-order valence-electron chi connectivity index (χ4n) is 7.09. The Labute approximate surface area is 258 Å². The van der Waals surface area contributed by atoms with Crippen molar-refractivity contribution in [2.75, 3.05) is 11.4 Å². The van der Waals surface area contributed by atoms with Gasteiger partial charge in [-0.1, -0.05) is 94.1 Å². The highest BCUT2D eigenvalue weighted by molar-refractivity contribution is 6.42. The van der Waals surface area contributed by atoms with Gasteiger partial charge >= 0.3 is 0 Å². The zero-order chi connectivity index (χ0) is 30.7. The average molecular weight is 577 g/mol. The van der Waals surface area contributed by atoms with Gasteiger partial charge in [-0.05, 0) is 98.3 Å². The van der Waals surface area contributed by atoms with E-state index < -0.39 is 0 Å². The van der Waals surface area contributed by atoms with Crippen LogP contribution in [0.5, 0.6) is 0 Å². The Kier molecular flexibility index (Phi) is 6.87. The number of anilines is 1. The van der Waals surface area contributed by atoms with Gasteiger partial charge in [0.2, 0.25) is 0 Å². The Morgan fingerprint density at radius 2 is 1.18 bits per heavy atom. The molecule has 4 heteroatoms. The second kappa shape index (κ2) is 10.8. The van der Waals surface area contributed by atoms with E-state index in [0.717, 1.165) is 79.3 Å². The summed E-state index contributed by atoms with van der Waals surface area (Å²) < 4.78 is 0. The van der Waals surface area contributed by atoms with Crippen LogP contribution in [-0.4, -0.2) is 18.4 Å². The number of para-hydroxylation sites is 1. The number of fused-ring (bicyclic) bond motifs is 2. The van der Waals surface area contributed by atoms with Crippen molar-refractivity contribution in [1.29, 1.82) is 0 Å². The molecule has 0 atom stereocenters. The molecule has 2 amide bonds. The zero-order valence-corrected chi connectivity index (χ0v) is 25.8. The van der Waals surface area contributed by atoms with Gasteiger partial charge in [-0.2, -0.15) is 0 Å². The van der Waals surface area contributed by atoms with Crippen LogP contribution in [0.1, 0.15) is 96.2 Å². The minimum atomic E-state index is -0.259. The smallest absolute Gasteiger partial charge is 0.266 e. The van der Waals surface area contributed by atoms with Gasteiger partial charge < -0.3 is 5.73 Å².